The van der Waals surface area contributed by atoms with Crippen LogP contribution in [-0.2, 0) is 0 Å². The second-order valence-electron chi connectivity index (χ2n) is 7.78. The number of halogens is 1. The highest BCUT2D eigenvalue weighted by atomic mass is 35.5. The smallest absolute Gasteiger partial charge is 0.291 e. The maximum absolute atomic E-state index is 12.9. The Morgan fingerprint density at radius 1 is 1.07 bits per heavy atom. The molecule has 0 aliphatic heterocycles. The van der Waals surface area contributed by atoms with Crippen molar-refractivity contribution in [3.63, 3.8) is 0 Å². The Labute approximate surface area is 176 Å². The fraction of sp³-hybridized carbons (Fsp3) is 0.348. The molecule has 1 heterocycles. The molecule has 1 aliphatic carbocycles. The van der Waals surface area contributed by atoms with Crippen molar-refractivity contribution < 1.29 is 4.79 Å². The molecule has 1 fully saturated rings. The molecule has 6 heteroatoms. The number of hydrogen-bond donors (Lipinski definition) is 1. The van der Waals surface area contributed by atoms with Gasteiger partial charge in [-0.1, -0.05) is 48.6 Å². The molecule has 0 atom stereocenters. The van der Waals surface area contributed by atoms with Crippen molar-refractivity contribution in [3.05, 3.63) is 64.4 Å². The standard InChI is InChI=1S/C23H25ClN4O/c1-15-8-13-20(16(2)14-15)28-22(17-9-11-18(24)12-10-17)26-21(27-28)23(29)25-19-6-4-3-5-7-19/h8-14,19H,3-7H2,1-2H3,(H,25,29). The van der Waals surface area contributed by atoms with Gasteiger partial charge in [0, 0.05) is 16.6 Å². The molecule has 2 aromatic carbocycles. The number of carbonyl (C=O) groups excluding carboxylic acids is 1. The van der Waals surface area contributed by atoms with Crippen molar-refractivity contribution in [1.29, 1.82) is 0 Å². The van der Waals surface area contributed by atoms with Crippen molar-refractivity contribution >= 4 is 17.5 Å². The number of aryl methyl sites for hydroxylation is 2. The predicted octanol–water partition coefficient (Wildman–Crippen LogP) is 5.27. The Balaban J connectivity index is 1.73. The molecule has 3 aromatic rings. The molecular formula is C23H25ClN4O. The number of amides is 1. The summed E-state index contributed by atoms with van der Waals surface area (Å²) < 4.78 is 1.76. The second-order valence-corrected chi connectivity index (χ2v) is 8.21. The van der Waals surface area contributed by atoms with Crippen LogP contribution in [0.3, 0.4) is 0 Å². The van der Waals surface area contributed by atoms with Gasteiger partial charge in [0.25, 0.3) is 5.91 Å². The van der Waals surface area contributed by atoms with Gasteiger partial charge in [-0.05, 0) is 62.6 Å². The van der Waals surface area contributed by atoms with Gasteiger partial charge in [0.05, 0.1) is 5.69 Å². The number of rotatable bonds is 4. The molecule has 150 valence electrons. The molecule has 1 aromatic heterocycles. The van der Waals surface area contributed by atoms with Crippen molar-refractivity contribution in [3.8, 4) is 17.1 Å². The first-order chi connectivity index (χ1) is 14.0. The van der Waals surface area contributed by atoms with E-state index in [0.717, 1.165) is 42.5 Å². The van der Waals surface area contributed by atoms with Gasteiger partial charge < -0.3 is 5.32 Å². The lowest BCUT2D eigenvalue weighted by atomic mass is 9.95. The number of nitrogens with zero attached hydrogens (tertiary/aromatic N) is 3. The third-order valence-electron chi connectivity index (χ3n) is 5.43. The third kappa shape index (κ3) is 4.35. The molecule has 1 saturated carbocycles. The fourth-order valence-corrected chi connectivity index (χ4v) is 4.03. The van der Waals surface area contributed by atoms with E-state index in [4.69, 9.17) is 11.6 Å². The summed E-state index contributed by atoms with van der Waals surface area (Å²) in [5.74, 6) is 0.610. The molecule has 1 aliphatic rings. The molecule has 0 saturated heterocycles. The van der Waals surface area contributed by atoms with E-state index in [9.17, 15) is 4.79 Å². The lowest BCUT2D eigenvalue weighted by molar-refractivity contribution is 0.0917. The third-order valence-corrected chi connectivity index (χ3v) is 5.69. The van der Waals surface area contributed by atoms with Crippen LogP contribution in [0.1, 0.15) is 53.8 Å². The van der Waals surface area contributed by atoms with Crippen LogP contribution in [0.25, 0.3) is 17.1 Å². The lowest BCUT2D eigenvalue weighted by Crippen LogP contribution is -2.36. The van der Waals surface area contributed by atoms with Gasteiger partial charge in [-0.3, -0.25) is 4.79 Å². The Bertz CT molecular complexity index is 1020. The first kappa shape index (κ1) is 19.6. The molecule has 1 N–H and O–H groups in total. The zero-order chi connectivity index (χ0) is 20.4. The number of carbonyl (C=O) groups is 1. The van der Waals surface area contributed by atoms with Crippen LogP contribution in [0.5, 0.6) is 0 Å². The first-order valence-electron chi connectivity index (χ1n) is 10.1. The minimum Gasteiger partial charge on any atom is -0.347 e. The molecule has 5 nitrogen and oxygen atoms in total. The lowest BCUT2D eigenvalue weighted by Gasteiger charge is -2.21. The van der Waals surface area contributed by atoms with Crippen LogP contribution in [0.2, 0.25) is 5.02 Å². The van der Waals surface area contributed by atoms with E-state index in [-0.39, 0.29) is 17.8 Å². The Morgan fingerprint density at radius 2 is 1.79 bits per heavy atom. The highest BCUT2D eigenvalue weighted by Crippen LogP contribution is 2.25. The Hall–Kier alpha value is -2.66. The minimum atomic E-state index is -0.212. The zero-order valence-electron chi connectivity index (χ0n) is 16.8. The van der Waals surface area contributed by atoms with Crippen LogP contribution >= 0.6 is 11.6 Å². The minimum absolute atomic E-state index is 0.195. The monoisotopic (exact) mass is 408 g/mol. The average Bonchev–Trinajstić information content (AvgIpc) is 3.14. The maximum Gasteiger partial charge on any atom is 0.291 e. The topological polar surface area (TPSA) is 59.8 Å². The van der Waals surface area contributed by atoms with E-state index >= 15 is 0 Å². The molecule has 4 rings (SSSR count). The Morgan fingerprint density at radius 3 is 2.48 bits per heavy atom. The van der Waals surface area contributed by atoms with Gasteiger partial charge in [0.1, 0.15) is 0 Å². The van der Waals surface area contributed by atoms with E-state index < -0.39 is 0 Å². The van der Waals surface area contributed by atoms with Gasteiger partial charge in [-0.15, -0.1) is 5.10 Å². The van der Waals surface area contributed by atoms with Crippen molar-refractivity contribution in [2.24, 2.45) is 0 Å². The Kier molecular flexibility index (Phi) is 5.67. The molecule has 0 unspecified atom stereocenters. The summed E-state index contributed by atoms with van der Waals surface area (Å²) in [6.45, 7) is 4.10. The highest BCUT2D eigenvalue weighted by Gasteiger charge is 2.22. The summed E-state index contributed by atoms with van der Waals surface area (Å²) in [4.78, 5) is 17.5. The summed E-state index contributed by atoms with van der Waals surface area (Å²) in [7, 11) is 0. The summed E-state index contributed by atoms with van der Waals surface area (Å²) >= 11 is 6.06. The van der Waals surface area contributed by atoms with E-state index in [2.05, 4.69) is 28.4 Å². The van der Waals surface area contributed by atoms with Gasteiger partial charge in [-0.25, -0.2) is 9.67 Å². The van der Waals surface area contributed by atoms with Gasteiger partial charge in [-0.2, -0.15) is 0 Å². The summed E-state index contributed by atoms with van der Waals surface area (Å²) in [6, 6.07) is 13.8. The van der Waals surface area contributed by atoms with Crippen LogP contribution < -0.4 is 5.32 Å². The van der Waals surface area contributed by atoms with Gasteiger partial charge >= 0.3 is 0 Å². The van der Waals surface area contributed by atoms with Crippen LogP contribution in [-0.4, -0.2) is 26.7 Å². The normalized spacial score (nSPS) is 14.7. The molecule has 29 heavy (non-hydrogen) atoms. The van der Waals surface area contributed by atoms with Crippen LogP contribution in [0.15, 0.2) is 42.5 Å². The number of benzene rings is 2. The van der Waals surface area contributed by atoms with E-state index in [0.29, 0.717) is 10.8 Å². The van der Waals surface area contributed by atoms with Crippen LogP contribution in [0, 0.1) is 13.8 Å². The zero-order valence-corrected chi connectivity index (χ0v) is 17.5. The quantitative estimate of drug-likeness (QED) is 0.639. The average molecular weight is 409 g/mol. The maximum atomic E-state index is 12.9. The molecule has 1 amide bonds. The van der Waals surface area contributed by atoms with E-state index in [1.807, 2.05) is 43.3 Å². The molecular weight excluding hydrogens is 384 g/mol. The fourth-order valence-electron chi connectivity index (χ4n) is 3.90. The molecule has 0 spiro atoms. The van der Waals surface area contributed by atoms with Crippen molar-refractivity contribution in [2.45, 2.75) is 52.0 Å². The largest absolute Gasteiger partial charge is 0.347 e. The summed E-state index contributed by atoms with van der Waals surface area (Å²) in [5, 5.41) is 8.36. The SMILES string of the molecule is Cc1ccc(-n2nc(C(=O)NC3CCCCC3)nc2-c2ccc(Cl)cc2)c(C)c1. The predicted molar refractivity (Wildman–Crippen MR) is 116 cm³/mol. The molecule has 0 radical (unpaired) electrons. The number of hydrogen-bond acceptors (Lipinski definition) is 3. The molecule has 0 bridgehead atoms. The van der Waals surface area contributed by atoms with Crippen LogP contribution in [0.4, 0.5) is 0 Å². The van der Waals surface area contributed by atoms with Crippen molar-refractivity contribution in [1.82, 2.24) is 20.1 Å². The van der Waals surface area contributed by atoms with Crippen molar-refractivity contribution in [2.75, 3.05) is 0 Å². The number of aromatic nitrogens is 3. The summed E-state index contributed by atoms with van der Waals surface area (Å²) in [5.41, 5.74) is 4.02. The summed E-state index contributed by atoms with van der Waals surface area (Å²) in [6.07, 6.45) is 5.60. The second kappa shape index (κ2) is 8.37. The first-order valence-corrected chi connectivity index (χ1v) is 10.5. The van der Waals surface area contributed by atoms with Gasteiger partial charge in [0.2, 0.25) is 5.82 Å². The van der Waals surface area contributed by atoms with E-state index in [1.54, 1.807) is 4.68 Å². The van der Waals surface area contributed by atoms with E-state index in [1.165, 1.54) is 12.0 Å². The highest BCUT2D eigenvalue weighted by molar-refractivity contribution is 6.30. The number of nitrogens with one attached hydrogen (secondary N) is 1. The van der Waals surface area contributed by atoms with Gasteiger partial charge in [0.15, 0.2) is 5.82 Å².